The first kappa shape index (κ1) is 19.4. The van der Waals surface area contributed by atoms with Crippen molar-refractivity contribution >= 4 is 23.2 Å². The lowest BCUT2D eigenvalue weighted by Crippen LogP contribution is -2.28. The standard InChI is InChI=1S/C21H25NO4S/c1-3-14-8-9-18-16(10-14)11-19(27-18)21(24)26-13-20(23)22-12-15-6-4-5-7-17(15)25-2/h4-7,11,14H,3,8-10,12-13H2,1-2H3,(H,22,23)/t14-/m1/s1. The Balaban J connectivity index is 1.49. The van der Waals surface area contributed by atoms with Crippen LogP contribution in [0.4, 0.5) is 0 Å². The molecule has 0 saturated heterocycles. The molecule has 144 valence electrons. The number of thiophene rings is 1. The zero-order valence-corrected chi connectivity index (χ0v) is 16.6. The summed E-state index contributed by atoms with van der Waals surface area (Å²) in [4.78, 5) is 26.2. The zero-order chi connectivity index (χ0) is 19.2. The largest absolute Gasteiger partial charge is 0.496 e. The number of amides is 1. The second-order valence-corrected chi connectivity index (χ2v) is 7.88. The highest BCUT2D eigenvalue weighted by Crippen LogP contribution is 2.33. The van der Waals surface area contributed by atoms with E-state index in [1.165, 1.54) is 34.6 Å². The number of carbonyl (C=O) groups excluding carboxylic acids is 2. The summed E-state index contributed by atoms with van der Waals surface area (Å²) in [6.07, 6.45) is 4.42. The Hall–Kier alpha value is -2.34. The van der Waals surface area contributed by atoms with Crippen LogP contribution in [0, 0.1) is 5.92 Å². The SMILES string of the molecule is CC[C@@H]1CCc2sc(C(=O)OCC(=O)NCc3ccccc3OC)cc2C1. The first-order valence-corrected chi connectivity index (χ1v) is 10.1. The number of fused-ring (bicyclic) bond motifs is 1. The van der Waals surface area contributed by atoms with E-state index in [0.717, 1.165) is 18.4 Å². The van der Waals surface area contributed by atoms with Crippen LogP contribution in [0.5, 0.6) is 5.75 Å². The summed E-state index contributed by atoms with van der Waals surface area (Å²) in [6, 6.07) is 9.41. The molecule has 6 heteroatoms. The summed E-state index contributed by atoms with van der Waals surface area (Å²) in [5.74, 6) is 0.664. The summed E-state index contributed by atoms with van der Waals surface area (Å²) in [5.41, 5.74) is 2.14. The van der Waals surface area contributed by atoms with E-state index in [-0.39, 0.29) is 12.5 Å². The Morgan fingerprint density at radius 2 is 2.11 bits per heavy atom. The van der Waals surface area contributed by atoms with Crippen LogP contribution >= 0.6 is 11.3 Å². The van der Waals surface area contributed by atoms with Crippen molar-refractivity contribution in [2.75, 3.05) is 13.7 Å². The third kappa shape index (κ3) is 4.89. The van der Waals surface area contributed by atoms with Crippen LogP contribution in [-0.2, 0) is 28.9 Å². The second kappa shape index (κ2) is 9.04. The fourth-order valence-corrected chi connectivity index (χ4v) is 4.45. The number of methoxy groups -OCH3 is 1. The van der Waals surface area contributed by atoms with Crippen LogP contribution in [0.2, 0.25) is 0 Å². The fourth-order valence-electron chi connectivity index (χ4n) is 3.34. The molecule has 0 spiro atoms. The Morgan fingerprint density at radius 3 is 2.89 bits per heavy atom. The van der Waals surface area contributed by atoms with Crippen molar-refractivity contribution in [3.05, 3.63) is 51.2 Å². The Bertz CT molecular complexity index is 814. The molecule has 5 nitrogen and oxygen atoms in total. The molecular weight excluding hydrogens is 362 g/mol. The molecule has 27 heavy (non-hydrogen) atoms. The molecule has 1 aromatic heterocycles. The lowest BCUT2D eigenvalue weighted by atomic mass is 9.87. The minimum Gasteiger partial charge on any atom is -0.496 e. The van der Waals surface area contributed by atoms with Crippen LogP contribution in [0.1, 0.15) is 45.4 Å². The average molecular weight is 388 g/mol. The lowest BCUT2D eigenvalue weighted by molar-refractivity contribution is -0.124. The van der Waals surface area contributed by atoms with Crippen LogP contribution in [0.3, 0.4) is 0 Å². The van der Waals surface area contributed by atoms with Gasteiger partial charge in [0.15, 0.2) is 6.61 Å². The number of carbonyl (C=O) groups is 2. The van der Waals surface area contributed by atoms with Crippen molar-refractivity contribution in [3.8, 4) is 5.75 Å². The molecule has 1 atom stereocenters. The number of nitrogens with one attached hydrogen (secondary N) is 1. The van der Waals surface area contributed by atoms with Gasteiger partial charge >= 0.3 is 5.97 Å². The molecule has 1 heterocycles. The number of hydrogen-bond acceptors (Lipinski definition) is 5. The van der Waals surface area contributed by atoms with Gasteiger partial charge in [0.1, 0.15) is 10.6 Å². The third-order valence-electron chi connectivity index (χ3n) is 4.97. The molecule has 3 rings (SSSR count). The van der Waals surface area contributed by atoms with Gasteiger partial charge < -0.3 is 14.8 Å². The third-order valence-corrected chi connectivity index (χ3v) is 6.18. The maximum atomic E-state index is 12.3. The van der Waals surface area contributed by atoms with Gasteiger partial charge in [-0.05, 0) is 42.9 Å². The first-order chi connectivity index (χ1) is 13.1. The van der Waals surface area contributed by atoms with Gasteiger partial charge in [-0.25, -0.2) is 4.79 Å². The predicted molar refractivity (Wildman–Crippen MR) is 105 cm³/mol. The summed E-state index contributed by atoms with van der Waals surface area (Å²) in [5, 5.41) is 2.75. The molecule has 0 aliphatic heterocycles. The number of esters is 1. The monoisotopic (exact) mass is 387 g/mol. The summed E-state index contributed by atoms with van der Waals surface area (Å²) < 4.78 is 10.4. The summed E-state index contributed by atoms with van der Waals surface area (Å²) in [7, 11) is 1.59. The summed E-state index contributed by atoms with van der Waals surface area (Å²) >= 11 is 1.50. The van der Waals surface area contributed by atoms with E-state index in [2.05, 4.69) is 12.2 Å². The average Bonchev–Trinajstić information content (AvgIpc) is 3.13. The normalized spacial score (nSPS) is 15.7. The van der Waals surface area contributed by atoms with E-state index in [0.29, 0.717) is 23.1 Å². The van der Waals surface area contributed by atoms with Gasteiger partial charge in [-0.3, -0.25) is 4.79 Å². The smallest absolute Gasteiger partial charge is 0.348 e. The van der Waals surface area contributed by atoms with Crippen molar-refractivity contribution in [2.45, 2.75) is 39.2 Å². The quantitative estimate of drug-likeness (QED) is 0.735. The molecular formula is C21H25NO4S. The van der Waals surface area contributed by atoms with Gasteiger partial charge in [0.05, 0.1) is 7.11 Å². The maximum absolute atomic E-state index is 12.3. The minimum atomic E-state index is -0.421. The number of ether oxygens (including phenoxy) is 2. The molecule has 0 bridgehead atoms. The van der Waals surface area contributed by atoms with Crippen molar-refractivity contribution < 1.29 is 19.1 Å². The number of rotatable bonds is 7. The van der Waals surface area contributed by atoms with E-state index < -0.39 is 5.97 Å². The van der Waals surface area contributed by atoms with Crippen molar-refractivity contribution in [2.24, 2.45) is 5.92 Å². The number of aryl methyl sites for hydroxylation is 1. The van der Waals surface area contributed by atoms with Gasteiger partial charge in [-0.1, -0.05) is 31.5 Å². The van der Waals surface area contributed by atoms with Crippen LogP contribution in [0.15, 0.2) is 30.3 Å². The van der Waals surface area contributed by atoms with E-state index in [1.807, 2.05) is 30.3 Å². The van der Waals surface area contributed by atoms with Gasteiger partial charge in [0, 0.05) is 17.0 Å². The molecule has 0 fully saturated rings. The molecule has 1 aliphatic rings. The highest BCUT2D eigenvalue weighted by atomic mass is 32.1. The van der Waals surface area contributed by atoms with Crippen molar-refractivity contribution in [3.63, 3.8) is 0 Å². The first-order valence-electron chi connectivity index (χ1n) is 9.28. The van der Waals surface area contributed by atoms with Crippen LogP contribution in [-0.4, -0.2) is 25.6 Å². The van der Waals surface area contributed by atoms with Crippen molar-refractivity contribution in [1.29, 1.82) is 0 Å². The number of benzene rings is 1. The number of hydrogen-bond donors (Lipinski definition) is 1. The molecule has 2 aromatic rings. The molecule has 0 radical (unpaired) electrons. The van der Waals surface area contributed by atoms with Gasteiger partial charge in [-0.2, -0.15) is 0 Å². The topological polar surface area (TPSA) is 64.6 Å². The molecule has 1 amide bonds. The minimum absolute atomic E-state index is 0.284. The van der Waals surface area contributed by atoms with E-state index >= 15 is 0 Å². The predicted octanol–water partition coefficient (Wildman–Crippen LogP) is 3.74. The lowest BCUT2D eigenvalue weighted by Gasteiger charge is -2.19. The van der Waals surface area contributed by atoms with Crippen molar-refractivity contribution in [1.82, 2.24) is 5.32 Å². The van der Waals surface area contributed by atoms with E-state index in [4.69, 9.17) is 9.47 Å². The Labute approximate surface area is 163 Å². The van der Waals surface area contributed by atoms with Crippen LogP contribution in [0.25, 0.3) is 0 Å². The molecule has 1 aliphatic carbocycles. The van der Waals surface area contributed by atoms with E-state index in [1.54, 1.807) is 7.11 Å². The van der Waals surface area contributed by atoms with E-state index in [9.17, 15) is 9.59 Å². The molecule has 1 N–H and O–H groups in total. The van der Waals surface area contributed by atoms with Gasteiger partial charge in [-0.15, -0.1) is 11.3 Å². The molecule has 0 saturated carbocycles. The van der Waals surface area contributed by atoms with Gasteiger partial charge in [0.25, 0.3) is 5.91 Å². The molecule has 1 aromatic carbocycles. The van der Waals surface area contributed by atoms with Gasteiger partial charge in [0.2, 0.25) is 0 Å². The Kier molecular flexibility index (Phi) is 6.50. The van der Waals surface area contributed by atoms with Crippen LogP contribution < -0.4 is 10.1 Å². The summed E-state index contributed by atoms with van der Waals surface area (Å²) in [6.45, 7) is 2.25. The zero-order valence-electron chi connectivity index (χ0n) is 15.7. The fraction of sp³-hybridized carbons (Fsp3) is 0.429. The maximum Gasteiger partial charge on any atom is 0.348 e. The highest BCUT2D eigenvalue weighted by molar-refractivity contribution is 7.14. The molecule has 0 unspecified atom stereocenters. The second-order valence-electron chi connectivity index (χ2n) is 6.74. The highest BCUT2D eigenvalue weighted by Gasteiger charge is 2.23. The Morgan fingerprint density at radius 1 is 1.30 bits per heavy atom. The number of para-hydroxylation sites is 1.